The molecule has 1 aliphatic rings. The van der Waals surface area contributed by atoms with E-state index in [1.807, 2.05) is 0 Å². The van der Waals surface area contributed by atoms with E-state index in [4.69, 9.17) is 5.73 Å². The largest absolute Gasteiger partial charge is 0.329 e. The first kappa shape index (κ1) is 14.0. The minimum absolute atomic E-state index is 0.280. The smallest absolute Gasteiger partial charge is 0.0359 e. The lowest BCUT2D eigenvalue weighted by Gasteiger charge is -2.52. The number of hydrogen-bond acceptors (Lipinski definition) is 2. The Morgan fingerprint density at radius 1 is 1.38 bits per heavy atom. The molecule has 0 aromatic rings. The van der Waals surface area contributed by atoms with E-state index in [1.165, 1.54) is 32.1 Å². The first-order valence-corrected chi connectivity index (χ1v) is 7.09. The number of rotatable bonds is 5. The predicted octanol–water partition coefficient (Wildman–Crippen LogP) is 3.01. The maximum absolute atomic E-state index is 6.16. The van der Waals surface area contributed by atoms with Crippen molar-refractivity contribution < 1.29 is 0 Å². The molecule has 0 amide bonds. The van der Waals surface area contributed by atoms with Gasteiger partial charge in [0.1, 0.15) is 0 Å². The van der Waals surface area contributed by atoms with Crippen molar-refractivity contribution in [1.82, 2.24) is 4.90 Å². The molecular formula is C14H30N2. The summed E-state index contributed by atoms with van der Waals surface area (Å²) < 4.78 is 0. The van der Waals surface area contributed by atoms with E-state index in [0.29, 0.717) is 6.04 Å². The van der Waals surface area contributed by atoms with Crippen LogP contribution in [0.25, 0.3) is 0 Å². The molecule has 2 nitrogen and oxygen atoms in total. The molecule has 0 aliphatic heterocycles. The standard InChI is InChI=1S/C14H30N2/c1-5-13(4)16(6-2)14(11-15)10-8-7-9-12(14)3/h12-13H,5-11,15H2,1-4H3. The Bertz CT molecular complexity index is 205. The Morgan fingerprint density at radius 3 is 2.50 bits per heavy atom. The molecule has 2 heteroatoms. The highest BCUT2D eigenvalue weighted by Gasteiger charge is 2.42. The van der Waals surface area contributed by atoms with Crippen molar-refractivity contribution >= 4 is 0 Å². The summed E-state index contributed by atoms with van der Waals surface area (Å²) in [5.74, 6) is 0.750. The summed E-state index contributed by atoms with van der Waals surface area (Å²) in [5, 5.41) is 0. The number of likely N-dealkylation sites (N-methyl/N-ethyl adjacent to an activating group) is 1. The van der Waals surface area contributed by atoms with Gasteiger partial charge >= 0.3 is 0 Å². The highest BCUT2D eigenvalue weighted by Crippen LogP contribution is 2.39. The highest BCUT2D eigenvalue weighted by atomic mass is 15.2. The Kier molecular flexibility index (Phi) is 5.26. The van der Waals surface area contributed by atoms with Crippen LogP contribution in [0.15, 0.2) is 0 Å². The molecule has 96 valence electrons. The Morgan fingerprint density at radius 2 is 2.06 bits per heavy atom. The van der Waals surface area contributed by atoms with Gasteiger partial charge in [-0.15, -0.1) is 0 Å². The molecule has 0 spiro atoms. The molecule has 1 saturated carbocycles. The fourth-order valence-electron chi connectivity index (χ4n) is 3.53. The quantitative estimate of drug-likeness (QED) is 0.781. The van der Waals surface area contributed by atoms with Crippen LogP contribution in [0.3, 0.4) is 0 Å². The molecule has 16 heavy (non-hydrogen) atoms. The average Bonchev–Trinajstić information content (AvgIpc) is 2.32. The van der Waals surface area contributed by atoms with Gasteiger partial charge < -0.3 is 5.73 Å². The fraction of sp³-hybridized carbons (Fsp3) is 1.00. The second-order valence-electron chi connectivity index (χ2n) is 5.50. The van der Waals surface area contributed by atoms with Gasteiger partial charge in [-0.05, 0) is 38.6 Å². The topological polar surface area (TPSA) is 29.3 Å². The van der Waals surface area contributed by atoms with Crippen LogP contribution in [0.2, 0.25) is 0 Å². The van der Waals surface area contributed by atoms with Gasteiger partial charge in [0, 0.05) is 18.1 Å². The maximum Gasteiger partial charge on any atom is 0.0359 e. The lowest BCUT2D eigenvalue weighted by atomic mass is 9.71. The van der Waals surface area contributed by atoms with E-state index >= 15 is 0 Å². The minimum atomic E-state index is 0.280. The van der Waals surface area contributed by atoms with Gasteiger partial charge in [-0.3, -0.25) is 4.90 Å². The van der Waals surface area contributed by atoms with Crippen molar-refractivity contribution in [2.24, 2.45) is 11.7 Å². The molecule has 1 aliphatic carbocycles. The maximum atomic E-state index is 6.16. The summed E-state index contributed by atoms with van der Waals surface area (Å²) in [6.45, 7) is 11.3. The first-order chi connectivity index (χ1) is 7.62. The van der Waals surface area contributed by atoms with Crippen LogP contribution in [0.5, 0.6) is 0 Å². The van der Waals surface area contributed by atoms with E-state index in [-0.39, 0.29) is 5.54 Å². The second kappa shape index (κ2) is 6.02. The fourth-order valence-corrected chi connectivity index (χ4v) is 3.53. The van der Waals surface area contributed by atoms with Crippen LogP contribution >= 0.6 is 0 Å². The summed E-state index contributed by atoms with van der Waals surface area (Å²) in [4.78, 5) is 2.68. The first-order valence-electron chi connectivity index (χ1n) is 7.09. The zero-order valence-corrected chi connectivity index (χ0v) is 11.6. The Labute approximate surface area is 102 Å². The van der Waals surface area contributed by atoms with Crippen molar-refractivity contribution in [3.05, 3.63) is 0 Å². The lowest BCUT2D eigenvalue weighted by molar-refractivity contribution is -0.0110. The molecule has 0 saturated heterocycles. The van der Waals surface area contributed by atoms with Crippen molar-refractivity contribution in [3.8, 4) is 0 Å². The van der Waals surface area contributed by atoms with E-state index in [0.717, 1.165) is 19.0 Å². The molecule has 0 bridgehead atoms. The predicted molar refractivity (Wildman–Crippen MR) is 71.6 cm³/mol. The van der Waals surface area contributed by atoms with Gasteiger partial charge in [0.25, 0.3) is 0 Å². The summed E-state index contributed by atoms with van der Waals surface area (Å²) in [7, 11) is 0. The molecule has 0 aromatic carbocycles. The van der Waals surface area contributed by atoms with E-state index in [9.17, 15) is 0 Å². The van der Waals surface area contributed by atoms with Gasteiger partial charge in [0.05, 0.1) is 0 Å². The normalized spacial score (nSPS) is 33.0. The molecule has 1 fully saturated rings. The van der Waals surface area contributed by atoms with Crippen LogP contribution in [-0.2, 0) is 0 Å². The SMILES string of the molecule is CCC(C)N(CC)C1(CN)CCCCC1C. The van der Waals surface area contributed by atoms with E-state index in [1.54, 1.807) is 0 Å². The third kappa shape index (κ3) is 2.43. The van der Waals surface area contributed by atoms with Crippen molar-refractivity contribution in [2.45, 2.75) is 71.4 Å². The lowest BCUT2D eigenvalue weighted by Crippen LogP contribution is -2.61. The van der Waals surface area contributed by atoms with Crippen LogP contribution in [-0.4, -0.2) is 29.6 Å². The summed E-state index contributed by atoms with van der Waals surface area (Å²) in [6.07, 6.45) is 6.62. The van der Waals surface area contributed by atoms with Gasteiger partial charge in [0.2, 0.25) is 0 Å². The van der Waals surface area contributed by atoms with Crippen molar-refractivity contribution in [2.75, 3.05) is 13.1 Å². The molecule has 2 N–H and O–H groups in total. The zero-order valence-electron chi connectivity index (χ0n) is 11.6. The number of nitrogens with zero attached hydrogens (tertiary/aromatic N) is 1. The molecule has 0 heterocycles. The van der Waals surface area contributed by atoms with Gasteiger partial charge in [-0.2, -0.15) is 0 Å². The molecular weight excluding hydrogens is 196 g/mol. The summed E-state index contributed by atoms with van der Waals surface area (Å²) in [6, 6.07) is 0.661. The number of hydrogen-bond donors (Lipinski definition) is 1. The van der Waals surface area contributed by atoms with Crippen LogP contribution in [0.1, 0.15) is 59.8 Å². The summed E-state index contributed by atoms with van der Waals surface area (Å²) >= 11 is 0. The monoisotopic (exact) mass is 226 g/mol. The molecule has 3 unspecified atom stereocenters. The van der Waals surface area contributed by atoms with Crippen molar-refractivity contribution in [3.63, 3.8) is 0 Å². The van der Waals surface area contributed by atoms with Crippen LogP contribution < -0.4 is 5.73 Å². The number of nitrogens with two attached hydrogens (primary N) is 1. The third-order valence-corrected chi connectivity index (χ3v) is 4.80. The van der Waals surface area contributed by atoms with Gasteiger partial charge in [-0.25, -0.2) is 0 Å². The molecule has 3 atom stereocenters. The average molecular weight is 226 g/mol. The van der Waals surface area contributed by atoms with E-state index < -0.39 is 0 Å². The summed E-state index contributed by atoms with van der Waals surface area (Å²) in [5.41, 5.74) is 6.44. The second-order valence-corrected chi connectivity index (χ2v) is 5.50. The molecule has 1 rings (SSSR count). The molecule has 0 aromatic heterocycles. The van der Waals surface area contributed by atoms with Crippen molar-refractivity contribution in [1.29, 1.82) is 0 Å². The highest BCUT2D eigenvalue weighted by molar-refractivity contribution is 4.99. The van der Waals surface area contributed by atoms with Gasteiger partial charge in [-0.1, -0.05) is 33.6 Å². The zero-order chi connectivity index (χ0) is 12.2. The van der Waals surface area contributed by atoms with Crippen LogP contribution in [0, 0.1) is 5.92 Å². The van der Waals surface area contributed by atoms with E-state index in [2.05, 4.69) is 32.6 Å². The Hall–Kier alpha value is -0.0800. The van der Waals surface area contributed by atoms with Crippen LogP contribution in [0.4, 0.5) is 0 Å². The third-order valence-electron chi connectivity index (χ3n) is 4.80. The minimum Gasteiger partial charge on any atom is -0.329 e. The van der Waals surface area contributed by atoms with Gasteiger partial charge in [0.15, 0.2) is 0 Å². The molecule has 0 radical (unpaired) electrons. The Balaban J connectivity index is 2.90.